The fourth-order valence-electron chi connectivity index (χ4n) is 2.95. The Bertz CT molecular complexity index is 480. The molecule has 27 heavy (non-hydrogen) atoms. The molecule has 0 radical (unpaired) electrons. The van der Waals surface area contributed by atoms with E-state index in [9.17, 15) is 4.79 Å². The molecule has 0 amide bonds. The number of hydrogen-bond donors (Lipinski definition) is 1. The van der Waals surface area contributed by atoms with Crippen molar-refractivity contribution < 1.29 is 31.8 Å². The zero-order valence-corrected chi connectivity index (χ0v) is 22.4. The van der Waals surface area contributed by atoms with Crippen LogP contribution in [0.2, 0.25) is 65.0 Å². The average Bonchev–Trinajstić information content (AvgIpc) is 2.31. The molecule has 0 fully saturated rings. The number of unbranched alkanes of at least 4 members (excludes halogenated alkanes) is 2. The van der Waals surface area contributed by atoms with Crippen LogP contribution < -0.4 is 0 Å². The van der Waals surface area contributed by atoms with Gasteiger partial charge in [0.15, 0.2) is 16.6 Å². The largest absolute Gasteiger partial charge is 0.481 e. The van der Waals surface area contributed by atoms with Crippen molar-refractivity contribution in [2.24, 2.45) is 0 Å². The van der Waals surface area contributed by atoms with Crippen LogP contribution in [0, 0.1) is 0 Å². The molecule has 11 heteroatoms. The molecule has 0 spiro atoms. The zero-order chi connectivity index (χ0) is 21.9. The summed E-state index contributed by atoms with van der Waals surface area (Å²) in [7, 11) is -7.93. The second-order valence-corrected chi connectivity index (χ2v) is 25.6. The minimum Gasteiger partial charge on any atom is -0.481 e. The molecule has 0 aliphatic heterocycles. The third kappa shape index (κ3) is 20.1. The van der Waals surface area contributed by atoms with Crippen molar-refractivity contribution in [3.8, 4) is 0 Å². The standard InChI is InChI=1S/C15H38O5Si4.CO2/c1-21(2,3)18-23(7,8)20-24(9,19-22(4,5)6)14-12-10-11-13-15(16)17;2-1-3/h10-14H2,1-9H3,(H,16,17);. The van der Waals surface area contributed by atoms with E-state index in [-0.39, 0.29) is 12.6 Å². The normalized spacial score (nSPS) is 14.6. The van der Waals surface area contributed by atoms with Crippen molar-refractivity contribution in [3.63, 3.8) is 0 Å². The molecular formula is C16H38O7Si4. The smallest absolute Gasteiger partial charge is 0.373 e. The first-order chi connectivity index (χ1) is 12.0. The molecule has 0 aliphatic rings. The van der Waals surface area contributed by atoms with E-state index in [1.807, 2.05) is 0 Å². The SMILES string of the molecule is C[Si](C)(C)O[Si](C)(C)O[Si](C)(CCCCCC(=O)O)O[Si](C)(C)C.O=C=O. The van der Waals surface area contributed by atoms with Gasteiger partial charge >= 0.3 is 29.2 Å². The highest BCUT2D eigenvalue weighted by Crippen LogP contribution is 2.28. The van der Waals surface area contributed by atoms with Gasteiger partial charge in [0, 0.05) is 6.42 Å². The van der Waals surface area contributed by atoms with Gasteiger partial charge in [-0.3, -0.25) is 4.79 Å². The van der Waals surface area contributed by atoms with Crippen molar-refractivity contribution in [2.45, 2.75) is 90.7 Å². The minimum absolute atomic E-state index is 0.243. The second-order valence-electron chi connectivity index (χ2n) is 9.10. The first kappa shape index (κ1) is 28.8. The fourth-order valence-corrected chi connectivity index (χ4v) is 21.0. The molecule has 1 unspecified atom stereocenters. The number of carboxylic acid groups (broad SMARTS) is 1. The first-order valence-corrected chi connectivity index (χ1v) is 21.4. The summed E-state index contributed by atoms with van der Waals surface area (Å²) in [6, 6.07) is 0.905. The number of carbonyl (C=O) groups is 1. The molecule has 0 saturated carbocycles. The molecule has 0 aromatic heterocycles. The highest BCUT2D eigenvalue weighted by Gasteiger charge is 2.44. The predicted molar refractivity (Wildman–Crippen MR) is 115 cm³/mol. The third-order valence-electron chi connectivity index (χ3n) is 3.06. The summed E-state index contributed by atoms with van der Waals surface area (Å²) in [5.74, 6) is -0.721. The second kappa shape index (κ2) is 12.2. The number of hydrogen-bond acceptors (Lipinski definition) is 6. The lowest BCUT2D eigenvalue weighted by Gasteiger charge is -2.41. The molecule has 0 aromatic rings. The maximum Gasteiger partial charge on any atom is 0.373 e. The van der Waals surface area contributed by atoms with E-state index in [1.165, 1.54) is 0 Å². The molecule has 0 aliphatic carbocycles. The molecule has 0 heterocycles. The van der Waals surface area contributed by atoms with Crippen LogP contribution in [0.25, 0.3) is 0 Å². The Morgan fingerprint density at radius 1 is 0.778 bits per heavy atom. The number of aliphatic carboxylic acids is 1. The van der Waals surface area contributed by atoms with Crippen molar-refractivity contribution in [1.82, 2.24) is 0 Å². The topological polar surface area (TPSA) is 99.1 Å². The van der Waals surface area contributed by atoms with E-state index in [2.05, 4.69) is 58.9 Å². The minimum atomic E-state index is -2.32. The summed E-state index contributed by atoms with van der Waals surface area (Å²) >= 11 is 0. The number of carboxylic acids is 1. The first-order valence-electron chi connectivity index (χ1n) is 9.27. The van der Waals surface area contributed by atoms with Crippen LogP contribution in [0.3, 0.4) is 0 Å². The Balaban J connectivity index is 0. The van der Waals surface area contributed by atoms with Gasteiger partial charge in [0.2, 0.25) is 0 Å². The van der Waals surface area contributed by atoms with Gasteiger partial charge in [0.25, 0.3) is 0 Å². The molecule has 1 atom stereocenters. The molecule has 160 valence electrons. The number of carbonyl (C=O) groups excluding carboxylic acids is 2. The van der Waals surface area contributed by atoms with Crippen LogP contribution >= 0.6 is 0 Å². The maximum absolute atomic E-state index is 10.6. The maximum atomic E-state index is 10.6. The predicted octanol–water partition coefficient (Wildman–Crippen LogP) is 4.54. The van der Waals surface area contributed by atoms with Crippen LogP contribution in [0.5, 0.6) is 0 Å². The Kier molecular flexibility index (Phi) is 13.0. The highest BCUT2D eigenvalue weighted by molar-refractivity contribution is 6.89. The summed E-state index contributed by atoms with van der Waals surface area (Å²) in [6.07, 6.45) is 3.08. The van der Waals surface area contributed by atoms with E-state index in [1.54, 1.807) is 0 Å². The molecule has 0 aromatic carbocycles. The molecular weight excluding hydrogens is 417 g/mol. The highest BCUT2D eigenvalue weighted by atomic mass is 28.5. The van der Waals surface area contributed by atoms with Gasteiger partial charge in [0.1, 0.15) is 0 Å². The molecule has 1 N–H and O–H groups in total. The lowest BCUT2D eigenvalue weighted by atomic mass is 10.2. The monoisotopic (exact) mass is 454 g/mol. The van der Waals surface area contributed by atoms with Crippen molar-refractivity contribution in [1.29, 1.82) is 0 Å². The molecule has 0 saturated heterocycles. The quantitative estimate of drug-likeness (QED) is 0.341. The van der Waals surface area contributed by atoms with E-state index in [4.69, 9.17) is 27.0 Å². The average molecular weight is 455 g/mol. The van der Waals surface area contributed by atoms with Gasteiger partial charge < -0.3 is 17.5 Å². The van der Waals surface area contributed by atoms with Crippen LogP contribution in [0.15, 0.2) is 0 Å². The van der Waals surface area contributed by atoms with Crippen molar-refractivity contribution in [3.05, 3.63) is 0 Å². The van der Waals surface area contributed by atoms with Crippen LogP contribution in [-0.2, 0) is 26.7 Å². The van der Waals surface area contributed by atoms with E-state index in [0.717, 1.165) is 25.3 Å². The van der Waals surface area contributed by atoms with Crippen molar-refractivity contribution >= 4 is 45.9 Å². The Hall–Kier alpha value is -0.402. The molecule has 0 bridgehead atoms. The van der Waals surface area contributed by atoms with Gasteiger partial charge in [-0.25, -0.2) is 0 Å². The van der Waals surface area contributed by atoms with Crippen molar-refractivity contribution in [2.75, 3.05) is 0 Å². The van der Waals surface area contributed by atoms with Crippen LogP contribution in [-0.4, -0.2) is 51.0 Å². The lowest BCUT2D eigenvalue weighted by molar-refractivity contribution is -0.191. The van der Waals surface area contributed by atoms with E-state index in [0.29, 0.717) is 0 Å². The van der Waals surface area contributed by atoms with E-state index < -0.39 is 39.7 Å². The summed E-state index contributed by atoms with van der Waals surface area (Å²) < 4.78 is 19.4. The van der Waals surface area contributed by atoms with Crippen LogP contribution in [0.4, 0.5) is 0 Å². The lowest BCUT2D eigenvalue weighted by Crippen LogP contribution is -2.56. The van der Waals surface area contributed by atoms with Gasteiger partial charge in [0.05, 0.1) is 0 Å². The summed E-state index contributed by atoms with van der Waals surface area (Å²) in [6.45, 7) is 19.5. The Morgan fingerprint density at radius 2 is 1.22 bits per heavy atom. The summed E-state index contributed by atoms with van der Waals surface area (Å²) in [4.78, 5) is 26.9. The molecule has 0 rings (SSSR count). The van der Waals surface area contributed by atoms with Crippen LogP contribution in [0.1, 0.15) is 25.7 Å². The summed E-state index contributed by atoms with van der Waals surface area (Å²) in [5.41, 5.74) is 0. The number of rotatable bonds is 12. The van der Waals surface area contributed by atoms with Gasteiger partial charge in [-0.05, 0) is 71.4 Å². The van der Waals surface area contributed by atoms with E-state index >= 15 is 0 Å². The molecule has 7 nitrogen and oxygen atoms in total. The van der Waals surface area contributed by atoms with Gasteiger partial charge in [-0.2, -0.15) is 9.59 Å². The van der Waals surface area contributed by atoms with Gasteiger partial charge in [-0.1, -0.05) is 12.8 Å². The zero-order valence-electron chi connectivity index (χ0n) is 18.4. The Morgan fingerprint density at radius 3 is 1.59 bits per heavy atom. The summed E-state index contributed by atoms with van der Waals surface area (Å²) in [5, 5.41) is 8.74. The third-order valence-corrected chi connectivity index (χ3v) is 16.6. The van der Waals surface area contributed by atoms with Gasteiger partial charge in [-0.15, -0.1) is 0 Å². The Labute approximate surface area is 168 Å². The fraction of sp³-hybridized carbons (Fsp3) is 0.875.